The Hall–Kier alpha value is -3.48. The lowest BCUT2D eigenvalue weighted by Gasteiger charge is -2.27. The first-order valence-electron chi connectivity index (χ1n) is 7.61. The van der Waals surface area contributed by atoms with Crippen molar-refractivity contribution in [1.82, 2.24) is 15.0 Å². The summed E-state index contributed by atoms with van der Waals surface area (Å²) in [6.45, 7) is 0. The number of benzene rings is 1. The predicted molar refractivity (Wildman–Crippen MR) is 90.4 cm³/mol. The van der Waals surface area contributed by atoms with Gasteiger partial charge < -0.3 is 9.42 Å². The number of carbonyl (C=O) groups is 2. The molecule has 2 amide bonds. The Balaban J connectivity index is 1.87. The second-order valence-corrected chi connectivity index (χ2v) is 5.32. The van der Waals surface area contributed by atoms with Crippen LogP contribution in [0.5, 0.6) is 0 Å². The van der Waals surface area contributed by atoms with E-state index in [1.165, 1.54) is 17.2 Å². The predicted octanol–water partition coefficient (Wildman–Crippen LogP) is 2.26. The van der Waals surface area contributed by atoms with Gasteiger partial charge in [0.05, 0.1) is 11.7 Å². The second kappa shape index (κ2) is 7.39. The van der Waals surface area contributed by atoms with Crippen LogP contribution in [0.3, 0.4) is 0 Å². The molecule has 3 aromatic rings. The molecule has 0 fully saturated rings. The number of carbonyl (C=O) groups excluding carboxylic acids is 2. The van der Waals surface area contributed by atoms with Crippen molar-refractivity contribution in [2.45, 2.75) is 6.04 Å². The number of pyridine rings is 1. The molecule has 0 saturated carbocycles. The fourth-order valence-electron chi connectivity index (χ4n) is 2.49. The van der Waals surface area contributed by atoms with Crippen molar-refractivity contribution >= 4 is 17.6 Å². The number of anilines is 1. The third kappa shape index (κ3) is 3.72. The topological polar surface area (TPSA) is 88.3 Å². The highest BCUT2D eigenvalue weighted by Crippen LogP contribution is 2.26. The van der Waals surface area contributed by atoms with Gasteiger partial charge in [0.2, 0.25) is 0 Å². The molecule has 7 nitrogen and oxygen atoms in total. The number of rotatable bonds is 4. The van der Waals surface area contributed by atoms with Crippen molar-refractivity contribution in [2.75, 3.05) is 12.4 Å². The van der Waals surface area contributed by atoms with Crippen LogP contribution in [0.15, 0.2) is 71.6 Å². The van der Waals surface area contributed by atoms with E-state index in [4.69, 9.17) is 0 Å². The van der Waals surface area contributed by atoms with E-state index in [0.29, 0.717) is 5.69 Å². The fraction of sp³-hybridized carbons (Fsp3) is 0.111. The van der Waals surface area contributed by atoms with Crippen LogP contribution in [0, 0.1) is 0 Å². The molecule has 25 heavy (non-hydrogen) atoms. The quantitative estimate of drug-likeness (QED) is 0.738. The van der Waals surface area contributed by atoms with Gasteiger partial charge in [0, 0.05) is 19.3 Å². The average molecular weight is 336 g/mol. The lowest BCUT2D eigenvalue weighted by Crippen LogP contribution is -2.40. The largest absolute Gasteiger partial charge is 0.363 e. The molecule has 3 rings (SSSR count). The third-order valence-electron chi connectivity index (χ3n) is 3.66. The summed E-state index contributed by atoms with van der Waals surface area (Å²) in [6, 6.07) is 15.8. The number of amides is 2. The summed E-state index contributed by atoms with van der Waals surface area (Å²) in [5.74, 6) is -1.32. The van der Waals surface area contributed by atoms with E-state index in [1.807, 2.05) is 42.5 Å². The van der Waals surface area contributed by atoms with Gasteiger partial charge in [-0.2, -0.15) is 0 Å². The zero-order chi connectivity index (χ0) is 17.6. The average Bonchev–Trinajstić information content (AvgIpc) is 3.16. The van der Waals surface area contributed by atoms with E-state index in [2.05, 4.69) is 20.0 Å². The molecule has 0 aliphatic heterocycles. The van der Waals surface area contributed by atoms with Gasteiger partial charge >= 0.3 is 11.8 Å². The summed E-state index contributed by atoms with van der Waals surface area (Å²) >= 11 is 0. The normalized spacial score (nSPS) is 11.6. The molecule has 0 unspecified atom stereocenters. The molecule has 0 spiro atoms. The number of likely N-dealkylation sites (N-methyl/N-ethyl adjacent to an activating group) is 1. The van der Waals surface area contributed by atoms with Gasteiger partial charge in [0.1, 0.15) is 6.26 Å². The first kappa shape index (κ1) is 16.4. The first-order valence-corrected chi connectivity index (χ1v) is 7.61. The summed E-state index contributed by atoms with van der Waals surface area (Å²) < 4.78 is 4.64. The van der Waals surface area contributed by atoms with Crippen molar-refractivity contribution in [1.29, 1.82) is 0 Å². The monoisotopic (exact) mass is 336 g/mol. The molecule has 0 bridgehead atoms. The highest BCUT2D eigenvalue weighted by Gasteiger charge is 2.29. The van der Waals surface area contributed by atoms with Gasteiger partial charge in [0.15, 0.2) is 5.82 Å². The Morgan fingerprint density at radius 3 is 2.48 bits per heavy atom. The molecule has 1 N–H and O–H groups in total. The van der Waals surface area contributed by atoms with E-state index in [9.17, 15) is 9.59 Å². The molecule has 126 valence electrons. The maximum Gasteiger partial charge on any atom is 0.315 e. The molecule has 1 atom stereocenters. The molecule has 1 aromatic carbocycles. The first-order chi connectivity index (χ1) is 12.2. The van der Waals surface area contributed by atoms with Crippen LogP contribution in [0.25, 0.3) is 0 Å². The summed E-state index contributed by atoms with van der Waals surface area (Å²) in [7, 11) is 1.57. The molecule has 2 aromatic heterocycles. The zero-order valence-corrected chi connectivity index (χ0v) is 13.5. The van der Waals surface area contributed by atoms with Crippen LogP contribution < -0.4 is 5.32 Å². The van der Waals surface area contributed by atoms with Crippen LogP contribution in [-0.4, -0.2) is 33.9 Å². The van der Waals surface area contributed by atoms with Gasteiger partial charge in [-0.1, -0.05) is 41.6 Å². The molecule has 7 heteroatoms. The Kier molecular flexibility index (Phi) is 4.84. The van der Waals surface area contributed by atoms with Gasteiger partial charge in [-0.25, -0.2) is 0 Å². The number of nitrogens with one attached hydrogen (secondary N) is 1. The number of aromatic nitrogens is 2. The van der Waals surface area contributed by atoms with Crippen molar-refractivity contribution in [2.24, 2.45) is 0 Å². The minimum atomic E-state index is -0.798. The molecule has 0 aliphatic carbocycles. The minimum absolute atomic E-state index is 0.181. The third-order valence-corrected chi connectivity index (χ3v) is 3.66. The van der Waals surface area contributed by atoms with E-state index in [1.54, 1.807) is 19.3 Å². The van der Waals surface area contributed by atoms with Gasteiger partial charge in [-0.05, 0) is 17.7 Å². The van der Waals surface area contributed by atoms with Crippen molar-refractivity contribution in [3.05, 3.63) is 78.3 Å². The van der Waals surface area contributed by atoms with Gasteiger partial charge in [0.25, 0.3) is 0 Å². The lowest BCUT2D eigenvalue weighted by molar-refractivity contribution is -0.143. The highest BCUT2D eigenvalue weighted by molar-refractivity contribution is 6.39. The summed E-state index contributed by atoms with van der Waals surface area (Å²) in [4.78, 5) is 30.5. The number of nitrogens with zero attached hydrogens (tertiary/aromatic N) is 3. The van der Waals surface area contributed by atoms with E-state index in [-0.39, 0.29) is 5.82 Å². The van der Waals surface area contributed by atoms with Crippen LogP contribution in [0.4, 0.5) is 5.82 Å². The maximum atomic E-state index is 12.6. The molecular formula is C18H16N4O3. The molecule has 2 heterocycles. The number of hydrogen-bond acceptors (Lipinski definition) is 5. The Morgan fingerprint density at radius 1 is 1.08 bits per heavy atom. The van der Waals surface area contributed by atoms with Gasteiger partial charge in [-0.15, -0.1) is 0 Å². The van der Waals surface area contributed by atoms with E-state index in [0.717, 1.165) is 5.56 Å². The summed E-state index contributed by atoms with van der Waals surface area (Å²) in [6.07, 6.45) is 2.96. The van der Waals surface area contributed by atoms with Crippen molar-refractivity contribution in [3.63, 3.8) is 0 Å². The molecule has 0 aliphatic rings. The van der Waals surface area contributed by atoms with Gasteiger partial charge in [-0.3, -0.25) is 19.9 Å². The van der Waals surface area contributed by atoms with E-state index < -0.39 is 17.9 Å². The fourth-order valence-corrected chi connectivity index (χ4v) is 2.49. The second-order valence-electron chi connectivity index (χ2n) is 5.32. The smallest absolute Gasteiger partial charge is 0.315 e. The standard InChI is InChI=1S/C18H16N4O3/c1-22(18(24)17(23)20-15-10-12-25-21-15)16(13-7-3-2-4-8-13)14-9-5-6-11-19-14/h2-12,16H,1H3,(H,20,21,23)/t16-/m0/s1. The van der Waals surface area contributed by atoms with Crippen LogP contribution in [0.1, 0.15) is 17.3 Å². The maximum absolute atomic E-state index is 12.6. The summed E-state index contributed by atoms with van der Waals surface area (Å²) in [5, 5.41) is 5.97. The Labute approximate surface area is 144 Å². The Bertz CT molecular complexity index is 796. The van der Waals surface area contributed by atoms with Crippen LogP contribution >= 0.6 is 0 Å². The number of hydrogen-bond donors (Lipinski definition) is 1. The lowest BCUT2D eigenvalue weighted by atomic mass is 10.0. The molecule has 0 radical (unpaired) electrons. The van der Waals surface area contributed by atoms with Crippen LogP contribution in [-0.2, 0) is 9.59 Å². The molecular weight excluding hydrogens is 320 g/mol. The molecule has 0 saturated heterocycles. The van der Waals surface area contributed by atoms with Crippen molar-refractivity contribution in [3.8, 4) is 0 Å². The SMILES string of the molecule is CN(C(=O)C(=O)Nc1ccon1)[C@@H](c1ccccc1)c1ccccn1. The van der Waals surface area contributed by atoms with Crippen molar-refractivity contribution < 1.29 is 14.1 Å². The highest BCUT2D eigenvalue weighted by atomic mass is 16.5. The van der Waals surface area contributed by atoms with E-state index >= 15 is 0 Å². The zero-order valence-electron chi connectivity index (χ0n) is 13.5. The minimum Gasteiger partial charge on any atom is -0.363 e. The Morgan fingerprint density at radius 2 is 1.84 bits per heavy atom. The van der Waals surface area contributed by atoms with Crippen LogP contribution in [0.2, 0.25) is 0 Å². The summed E-state index contributed by atoms with van der Waals surface area (Å²) in [5.41, 5.74) is 1.52.